The lowest BCUT2D eigenvalue weighted by atomic mass is 10.3. The van der Waals surface area contributed by atoms with E-state index in [0.717, 1.165) is 22.5 Å². The van der Waals surface area contributed by atoms with Crippen LogP contribution in [0.25, 0.3) is 0 Å². The molecule has 0 radical (unpaired) electrons. The minimum atomic E-state index is -0.220. The first-order chi connectivity index (χ1) is 6.25. The van der Waals surface area contributed by atoms with Gasteiger partial charge in [0.05, 0.1) is 6.10 Å². The van der Waals surface area contributed by atoms with E-state index in [9.17, 15) is 5.11 Å². The number of hydrogen-bond acceptors (Lipinski definition) is 4. The van der Waals surface area contributed by atoms with Crippen LogP contribution in [0.1, 0.15) is 6.42 Å². The second kappa shape index (κ2) is 3.75. The molecule has 1 aromatic rings. The Morgan fingerprint density at radius 3 is 2.69 bits per heavy atom. The summed E-state index contributed by atoms with van der Waals surface area (Å²) in [6.07, 6.45) is 4.17. The van der Waals surface area contributed by atoms with Gasteiger partial charge < -0.3 is 10.0 Å². The molecule has 0 bridgehead atoms. The van der Waals surface area contributed by atoms with Gasteiger partial charge in [0, 0.05) is 29.1 Å². The maximum Gasteiger partial charge on any atom is 0.225 e. The van der Waals surface area contributed by atoms with Crippen LogP contribution in [0.3, 0.4) is 0 Å². The Morgan fingerprint density at radius 1 is 1.46 bits per heavy atom. The topological polar surface area (TPSA) is 49.2 Å². The number of rotatable bonds is 1. The molecule has 2 rings (SSSR count). The van der Waals surface area contributed by atoms with Crippen LogP contribution < -0.4 is 4.90 Å². The van der Waals surface area contributed by atoms with Crippen molar-refractivity contribution in [3.63, 3.8) is 0 Å². The van der Waals surface area contributed by atoms with Crippen LogP contribution in [0.4, 0.5) is 5.95 Å². The Balaban J connectivity index is 2.13. The molecule has 1 saturated heterocycles. The molecule has 1 aliphatic rings. The van der Waals surface area contributed by atoms with Crippen molar-refractivity contribution in [1.82, 2.24) is 9.97 Å². The van der Waals surface area contributed by atoms with Crippen LogP contribution in [0.5, 0.6) is 0 Å². The largest absolute Gasteiger partial charge is 0.391 e. The van der Waals surface area contributed by atoms with Crippen LogP contribution in [0, 0.1) is 3.57 Å². The number of nitrogens with zero attached hydrogens (tertiary/aromatic N) is 3. The average Bonchev–Trinajstić information content (AvgIpc) is 2.53. The molecule has 1 atom stereocenters. The standard InChI is InChI=1S/C8H10IN3O/c9-6-3-10-8(11-4-6)12-2-1-7(13)5-12/h3-4,7,13H,1-2,5H2/t7-/m0/s1. The van der Waals surface area contributed by atoms with Crippen LogP contribution in [0.15, 0.2) is 12.4 Å². The summed E-state index contributed by atoms with van der Waals surface area (Å²) in [4.78, 5) is 10.4. The summed E-state index contributed by atoms with van der Waals surface area (Å²) in [5.41, 5.74) is 0. The second-order valence-corrected chi connectivity index (χ2v) is 4.34. The van der Waals surface area contributed by atoms with E-state index in [2.05, 4.69) is 32.6 Å². The molecule has 0 saturated carbocycles. The molecule has 0 aromatic carbocycles. The summed E-state index contributed by atoms with van der Waals surface area (Å²) in [6.45, 7) is 1.50. The van der Waals surface area contributed by atoms with Crippen molar-refractivity contribution in [3.05, 3.63) is 16.0 Å². The van der Waals surface area contributed by atoms with Crippen molar-refractivity contribution in [2.45, 2.75) is 12.5 Å². The highest BCUT2D eigenvalue weighted by atomic mass is 127. The number of aliphatic hydroxyl groups is 1. The summed E-state index contributed by atoms with van der Waals surface area (Å²) < 4.78 is 1.03. The quantitative estimate of drug-likeness (QED) is 0.772. The number of β-amino-alcohol motifs (C(OH)–C–C–N with tert-alkyl or cyclic N) is 1. The van der Waals surface area contributed by atoms with E-state index in [1.54, 1.807) is 12.4 Å². The van der Waals surface area contributed by atoms with Crippen molar-refractivity contribution >= 4 is 28.5 Å². The van der Waals surface area contributed by atoms with E-state index in [1.807, 2.05) is 4.90 Å². The van der Waals surface area contributed by atoms with Gasteiger partial charge in [-0.05, 0) is 29.0 Å². The van der Waals surface area contributed by atoms with Gasteiger partial charge in [-0.1, -0.05) is 0 Å². The van der Waals surface area contributed by atoms with Gasteiger partial charge in [0.2, 0.25) is 5.95 Å². The second-order valence-electron chi connectivity index (χ2n) is 3.09. The van der Waals surface area contributed by atoms with E-state index in [-0.39, 0.29) is 6.10 Å². The van der Waals surface area contributed by atoms with Gasteiger partial charge in [0.25, 0.3) is 0 Å². The van der Waals surface area contributed by atoms with E-state index >= 15 is 0 Å². The van der Waals surface area contributed by atoms with Gasteiger partial charge in [0.15, 0.2) is 0 Å². The molecule has 0 amide bonds. The molecule has 2 heterocycles. The van der Waals surface area contributed by atoms with E-state index < -0.39 is 0 Å². The maximum absolute atomic E-state index is 9.32. The van der Waals surface area contributed by atoms with Crippen LogP contribution in [0.2, 0.25) is 0 Å². The van der Waals surface area contributed by atoms with Crippen molar-refractivity contribution in [1.29, 1.82) is 0 Å². The minimum Gasteiger partial charge on any atom is -0.391 e. The first-order valence-electron chi connectivity index (χ1n) is 4.16. The SMILES string of the molecule is O[C@H]1CCN(c2ncc(I)cn2)C1. The van der Waals surface area contributed by atoms with Gasteiger partial charge in [-0.2, -0.15) is 0 Å². The van der Waals surface area contributed by atoms with Gasteiger partial charge in [0.1, 0.15) is 0 Å². The zero-order valence-electron chi connectivity index (χ0n) is 7.02. The fraction of sp³-hybridized carbons (Fsp3) is 0.500. The zero-order chi connectivity index (χ0) is 9.26. The smallest absolute Gasteiger partial charge is 0.225 e. The predicted molar refractivity (Wildman–Crippen MR) is 57.6 cm³/mol. The summed E-state index contributed by atoms with van der Waals surface area (Å²) in [7, 11) is 0. The zero-order valence-corrected chi connectivity index (χ0v) is 9.18. The molecule has 70 valence electrons. The molecular weight excluding hydrogens is 281 g/mol. The van der Waals surface area contributed by atoms with Gasteiger partial charge in [-0.25, -0.2) is 9.97 Å². The molecule has 1 fully saturated rings. The number of halogens is 1. The number of hydrogen-bond donors (Lipinski definition) is 1. The fourth-order valence-corrected chi connectivity index (χ4v) is 1.67. The van der Waals surface area contributed by atoms with Crippen LogP contribution in [-0.2, 0) is 0 Å². The highest BCUT2D eigenvalue weighted by molar-refractivity contribution is 14.1. The Bertz CT molecular complexity index is 290. The monoisotopic (exact) mass is 291 g/mol. The molecular formula is C8H10IN3O. The Hall–Kier alpha value is -0.430. The first kappa shape index (κ1) is 9.14. The third kappa shape index (κ3) is 2.08. The van der Waals surface area contributed by atoms with Crippen LogP contribution in [-0.4, -0.2) is 34.3 Å². The Labute approximate surface area is 90.1 Å². The van der Waals surface area contributed by atoms with Crippen molar-refractivity contribution in [2.75, 3.05) is 18.0 Å². The third-order valence-electron chi connectivity index (χ3n) is 2.05. The van der Waals surface area contributed by atoms with E-state index in [0.29, 0.717) is 6.54 Å². The maximum atomic E-state index is 9.32. The van der Waals surface area contributed by atoms with Crippen LogP contribution >= 0.6 is 22.6 Å². The predicted octanol–water partition coefficient (Wildman–Crippen LogP) is 0.652. The highest BCUT2D eigenvalue weighted by Gasteiger charge is 2.21. The normalized spacial score (nSPS) is 22.3. The summed E-state index contributed by atoms with van der Waals surface area (Å²) in [6, 6.07) is 0. The fourth-order valence-electron chi connectivity index (χ4n) is 1.39. The molecule has 4 nitrogen and oxygen atoms in total. The van der Waals surface area contributed by atoms with Gasteiger partial charge >= 0.3 is 0 Å². The van der Waals surface area contributed by atoms with Crippen molar-refractivity contribution in [3.8, 4) is 0 Å². The van der Waals surface area contributed by atoms with E-state index in [4.69, 9.17) is 0 Å². The molecule has 1 N–H and O–H groups in total. The summed E-state index contributed by atoms with van der Waals surface area (Å²) >= 11 is 2.17. The van der Waals surface area contributed by atoms with Crippen molar-refractivity contribution < 1.29 is 5.11 Å². The minimum absolute atomic E-state index is 0.220. The lowest BCUT2D eigenvalue weighted by molar-refractivity contribution is 0.198. The average molecular weight is 291 g/mol. The lowest BCUT2D eigenvalue weighted by Gasteiger charge is -2.14. The number of aromatic nitrogens is 2. The third-order valence-corrected chi connectivity index (χ3v) is 2.61. The molecule has 0 aliphatic carbocycles. The molecule has 5 heteroatoms. The first-order valence-corrected chi connectivity index (χ1v) is 5.24. The lowest BCUT2D eigenvalue weighted by Crippen LogP contribution is -2.23. The number of aliphatic hydroxyl groups excluding tert-OH is 1. The molecule has 1 aromatic heterocycles. The molecule has 13 heavy (non-hydrogen) atoms. The highest BCUT2D eigenvalue weighted by Crippen LogP contribution is 2.15. The van der Waals surface area contributed by atoms with Crippen molar-refractivity contribution in [2.24, 2.45) is 0 Å². The van der Waals surface area contributed by atoms with Gasteiger partial charge in [-0.3, -0.25) is 0 Å². The molecule has 0 spiro atoms. The summed E-state index contributed by atoms with van der Waals surface area (Å²) in [5.74, 6) is 0.719. The summed E-state index contributed by atoms with van der Waals surface area (Å²) in [5, 5.41) is 9.32. The molecule has 1 aliphatic heterocycles. The number of anilines is 1. The van der Waals surface area contributed by atoms with Gasteiger partial charge in [-0.15, -0.1) is 0 Å². The molecule has 0 unspecified atom stereocenters. The van der Waals surface area contributed by atoms with E-state index in [1.165, 1.54) is 0 Å². The Morgan fingerprint density at radius 2 is 2.15 bits per heavy atom. The Kier molecular flexibility index (Phi) is 2.63.